The summed E-state index contributed by atoms with van der Waals surface area (Å²) in [6, 6.07) is 0.759. The largest absolute Gasteiger partial charge is 0.391 e. The molecule has 1 aliphatic carbocycles. The number of ether oxygens (including phenoxy) is 1. The van der Waals surface area contributed by atoms with E-state index in [1.165, 1.54) is 6.42 Å². The molecule has 2 aliphatic rings. The number of morpholine rings is 1. The molecule has 1 saturated heterocycles. The Labute approximate surface area is 105 Å². The van der Waals surface area contributed by atoms with Gasteiger partial charge in [-0.3, -0.25) is 4.90 Å². The zero-order valence-corrected chi connectivity index (χ0v) is 11.6. The van der Waals surface area contributed by atoms with Gasteiger partial charge in [0.2, 0.25) is 0 Å². The molecule has 6 atom stereocenters. The molecule has 17 heavy (non-hydrogen) atoms. The van der Waals surface area contributed by atoms with E-state index in [2.05, 4.69) is 32.6 Å². The van der Waals surface area contributed by atoms with Crippen molar-refractivity contribution in [2.24, 2.45) is 11.8 Å². The van der Waals surface area contributed by atoms with Gasteiger partial charge >= 0.3 is 0 Å². The predicted octanol–water partition coefficient (Wildman–Crippen LogP) is 1.89. The van der Waals surface area contributed by atoms with Gasteiger partial charge in [-0.25, -0.2) is 0 Å². The molecular weight excluding hydrogens is 214 g/mol. The molecule has 100 valence electrons. The first-order chi connectivity index (χ1) is 7.99. The van der Waals surface area contributed by atoms with Gasteiger partial charge in [0, 0.05) is 18.6 Å². The van der Waals surface area contributed by atoms with Crippen LogP contribution >= 0.6 is 0 Å². The highest BCUT2D eigenvalue weighted by Crippen LogP contribution is 2.34. The molecule has 2 fully saturated rings. The van der Waals surface area contributed by atoms with Crippen LogP contribution in [0.25, 0.3) is 0 Å². The average Bonchev–Trinajstić information content (AvgIpc) is 2.21. The fraction of sp³-hybridized carbons (Fsp3) is 1.00. The van der Waals surface area contributed by atoms with Crippen LogP contribution in [0.4, 0.5) is 0 Å². The lowest BCUT2D eigenvalue weighted by molar-refractivity contribution is -0.112. The van der Waals surface area contributed by atoms with E-state index in [1.54, 1.807) is 0 Å². The minimum atomic E-state index is -0.165. The standard InChI is InChI=1S/C14H27NO2/c1-9-5-10(2)14(13(16)6-9)15-7-12(4)17-8-11(15)3/h9-14,16H,5-8H2,1-4H3. The number of nitrogens with zero attached hydrogens (tertiary/aromatic N) is 1. The molecule has 0 aromatic carbocycles. The fourth-order valence-electron chi connectivity index (χ4n) is 3.69. The SMILES string of the molecule is CC1CC(C)C(N2CC(C)OCC2C)C(O)C1. The van der Waals surface area contributed by atoms with Crippen molar-refractivity contribution >= 4 is 0 Å². The van der Waals surface area contributed by atoms with E-state index in [9.17, 15) is 5.11 Å². The van der Waals surface area contributed by atoms with Crippen LogP contribution in [-0.2, 0) is 4.74 Å². The highest BCUT2D eigenvalue weighted by Gasteiger charge is 2.40. The summed E-state index contributed by atoms with van der Waals surface area (Å²) >= 11 is 0. The quantitative estimate of drug-likeness (QED) is 0.761. The second-order valence-electron chi connectivity index (χ2n) is 6.30. The average molecular weight is 241 g/mol. The zero-order valence-electron chi connectivity index (χ0n) is 11.6. The van der Waals surface area contributed by atoms with Crippen molar-refractivity contribution in [2.75, 3.05) is 13.2 Å². The lowest BCUT2D eigenvalue weighted by Crippen LogP contribution is -2.59. The Hall–Kier alpha value is -0.120. The van der Waals surface area contributed by atoms with Gasteiger partial charge in [0.1, 0.15) is 0 Å². The highest BCUT2D eigenvalue weighted by molar-refractivity contribution is 4.93. The van der Waals surface area contributed by atoms with Gasteiger partial charge in [0.25, 0.3) is 0 Å². The van der Waals surface area contributed by atoms with Crippen molar-refractivity contribution in [3.63, 3.8) is 0 Å². The van der Waals surface area contributed by atoms with E-state index >= 15 is 0 Å². The molecule has 0 radical (unpaired) electrons. The number of hydrogen-bond acceptors (Lipinski definition) is 3. The number of hydrogen-bond donors (Lipinski definition) is 1. The van der Waals surface area contributed by atoms with E-state index in [0.29, 0.717) is 30.0 Å². The van der Waals surface area contributed by atoms with Gasteiger partial charge in [0.15, 0.2) is 0 Å². The second-order valence-corrected chi connectivity index (χ2v) is 6.30. The summed E-state index contributed by atoms with van der Waals surface area (Å²) in [7, 11) is 0. The molecule has 0 aromatic rings. The first kappa shape index (κ1) is 13.3. The molecule has 0 amide bonds. The Morgan fingerprint density at radius 2 is 1.82 bits per heavy atom. The predicted molar refractivity (Wildman–Crippen MR) is 68.9 cm³/mol. The Morgan fingerprint density at radius 1 is 1.12 bits per heavy atom. The maximum Gasteiger partial charge on any atom is 0.0700 e. The Kier molecular flexibility index (Phi) is 4.11. The Morgan fingerprint density at radius 3 is 2.47 bits per heavy atom. The molecule has 3 nitrogen and oxygen atoms in total. The van der Waals surface area contributed by atoms with Crippen LogP contribution in [0.5, 0.6) is 0 Å². The first-order valence-corrected chi connectivity index (χ1v) is 7.04. The molecule has 2 rings (SSSR count). The molecular formula is C14H27NO2. The van der Waals surface area contributed by atoms with Crippen LogP contribution in [-0.4, -0.2) is 47.4 Å². The van der Waals surface area contributed by atoms with Crippen molar-refractivity contribution in [2.45, 2.75) is 64.8 Å². The van der Waals surface area contributed by atoms with Crippen LogP contribution < -0.4 is 0 Å². The number of rotatable bonds is 1. The molecule has 0 aromatic heterocycles. The third-order valence-electron chi connectivity index (χ3n) is 4.43. The monoisotopic (exact) mass is 241 g/mol. The van der Waals surface area contributed by atoms with Crippen LogP contribution in [0.2, 0.25) is 0 Å². The molecule has 1 N–H and O–H groups in total. The van der Waals surface area contributed by atoms with E-state index < -0.39 is 0 Å². The van der Waals surface area contributed by atoms with E-state index in [1.807, 2.05) is 0 Å². The Bertz CT molecular complexity index is 247. The van der Waals surface area contributed by atoms with Gasteiger partial charge in [-0.2, -0.15) is 0 Å². The molecule has 1 aliphatic heterocycles. The summed E-state index contributed by atoms with van der Waals surface area (Å²) in [5.41, 5.74) is 0. The highest BCUT2D eigenvalue weighted by atomic mass is 16.5. The third-order valence-corrected chi connectivity index (χ3v) is 4.43. The second kappa shape index (κ2) is 5.25. The molecule has 1 heterocycles. The third kappa shape index (κ3) is 2.83. The van der Waals surface area contributed by atoms with Gasteiger partial charge < -0.3 is 9.84 Å². The van der Waals surface area contributed by atoms with Gasteiger partial charge in [0.05, 0.1) is 18.8 Å². The molecule has 3 heteroatoms. The molecule has 0 spiro atoms. The summed E-state index contributed by atoms with van der Waals surface area (Å²) in [5.74, 6) is 1.24. The van der Waals surface area contributed by atoms with Crippen LogP contribution in [0.3, 0.4) is 0 Å². The van der Waals surface area contributed by atoms with Crippen LogP contribution in [0, 0.1) is 11.8 Å². The molecule has 6 unspecified atom stereocenters. The minimum Gasteiger partial charge on any atom is -0.391 e. The van der Waals surface area contributed by atoms with Gasteiger partial charge in [-0.1, -0.05) is 13.8 Å². The van der Waals surface area contributed by atoms with E-state index in [0.717, 1.165) is 19.6 Å². The fourth-order valence-corrected chi connectivity index (χ4v) is 3.69. The minimum absolute atomic E-state index is 0.165. The summed E-state index contributed by atoms with van der Waals surface area (Å²) in [4.78, 5) is 2.48. The maximum atomic E-state index is 10.4. The van der Waals surface area contributed by atoms with Crippen molar-refractivity contribution < 1.29 is 9.84 Å². The maximum absolute atomic E-state index is 10.4. The summed E-state index contributed by atoms with van der Waals surface area (Å²) < 4.78 is 5.68. The number of aliphatic hydroxyl groups excluding tert-OH is 1. The topological polar surface area (TPSA) is 32.7 Å². The smallest absolute Gasteiger partial charge is 0.0700 e. The van der Waals surface area contributed by atoms with E-state index in [-0.39, 0.29) is 6.10 Å². The van der Waals surface area contributed by atoms with Gasteiger partial charge in [-0.05, 0) is 38.5 Å². The lowest BCUT2D eigenvalue weighted by Gasteiger charge is -2.49. The normalized spacial score (nSPS) is 49.2. The molecule has 1 saturated carbocycles. The summed E-state index contributed by atoms with van der Waals surface area (Å²) in [6.45, 7) is 10.6. The summed E-state index contributed by atoms with van der Waals surface area (Å²) in [6.07, 6.45) is 2.32. The van der Waals surface area contributed by atoms with Crippen molar-refractivity contribution in [3.05, 3.63) is 0 Å². The van der Waals surface area contributed by atoms with Crippen molar-refractivity contribution in [1.82, 2.24) is 4.90 Å². The van der Waals surface area contributed by atoms with Crippen LogP contribution in [0.15, 0.2) is 0 Å². The molecule has 0 bridgehead atoms. The first-order valence-electron chi connectivity index (χ1n) is 7.04. The Balaban J connectivity index is 2.08. The van der Waals surface area contributed by atoms with Gasteiger partial charge in [-0.15, -0.1) is 0 Å². The van der Waals surface area contributed by atoms with Crippen molar-refractivity contribution in [1.29, 1.82) is 0 Å². The lowest BCUT2D eigenvalue weighted by atomic mass is 9.76. The van der Waals surface area contributed by atoms with E-state index in [4.69, 9.17) is 4.74 Å². The number of aliphatic hydroxyl groups is 1. The van der Waals surface area contributed by atoms with Crippen molar-refractivity contribution in [3.8, 4) is 0 Å². The summed E-state index contributed by atoms with van der Waals surface area (Å²) in [5, 5.41) is 10.4. The van der Waals surface area contributed by atoms with Crippen LogP contribution in [0.1, 0.15) is 40.5 Å². The zero-order chi connectivity index (χ0) is 12.6.